The standard InChI is InChI=1S/C15H17N3O3/c1-21-15-6-5-10(9-14(15)18(19)20)17-8-7-11-12(16)3-2-4-13(11)17/h5-9,12H,2-4,16H2,1H3. The van der Waals surface area contributed by atoms with Crippen LogP contribution in [0, 0.1) is 10.1 Å². The third-order valence-electron chi connectivity index (χ3n) is 3.99. The van der Waals surface area contributed by atoms with Crippen LogP contribution in [0.2, 0.25) is 0 Å². The van der Waals surface area contributed by atoms with E-state index in [1.807, 2.05) is 22.9 Å². The van der Waals surface area contributed by atoms with E-state index in [4.69, 9.17) is 10.5 Å². The van der Waals surface area contributed by atoms with Crippen LogP contribution in [0.25, 0.3) is 5.69 Å². The van der Waals surface area contributed by atoms with Crippen LogP contribution >= 0.6 is 0 Å². The molecule has 0 radical (unpaired) electrons. The molecule has 6 nitrogen and oxygen atoms in total. The van der Waals surface area contributed by atoms with Crippen LogP contribution in [0.15, 0.2) is 30.5 Å². The highest BCUT2D eigenvalue weighted by Crippen LogP contribution is 2.33. The Hall–Kier alpha value is -2.34. The molecule has 0 aliphatic heterocycles. The van der Waals surface area contributed by atoms with Crippen molar-refractivity contribution in [3.05, 3.63) is 51.8 Å². The Morgan fingerprint density at radius 1 is 1.43 bits per heavy atom. The third kappa shape index (κ3) is 2.27. The summed E-state index contributed by atoms with van der Waals surface area (Å²) in [5.74, 6) is 0.265. The van der Waals surface area contributed by atoms with Gasteiger partial charge in [-0.1, -0.05) is 0 Å². The molecule has 21 heavy (non-hydrogen) atoms. The van der Waals surface area contributed by atoms with E-state index in [1.54, 1.807) is 12.1 Å². The fourth-order valence-electron chi connectivity index (χ4n) is 2.94. The van der Waals surface area contributed by atoms with Crippen LogP contribution in [0.1, 0.15) is 30.1 Å². The zero-order chi connectivity index (χ0) is 15.0. The summed E-state index contributed by atoms with van der Waals surface area (Å²) in [6.07, 6.45) is 4.90. The summed E-state index contributed by atoms with van der Waals surface area (Å²) in [7, 11) is 1.43. The molecule has 0 bridgehead atoms. The first kappa shape index (κ1) is 13.6. The number of aromatic nitrogens is 1. The molecule has 110 valence electrons. The molecule has 1 unspecified atom stereocenters. The van der Waals surface area contributed by atoms with Gasteiger partial charge in [0.15, 0.2) is 5.75 Å². The first-order valence-electron chi connectivity index (χ1n) is 6.90. The normalized spacial score (nSPS) is 17.3. The maximum absolute atomic E-state index is 11.1. The molecule has 0 saturated carbocycles. The molecule has 0 spiro atoms. The van der Waals surface area contributed by atoms with Crippen molar-refractivity contribution < 1.29 is 9.66 Å². The lowest BCUT2D eigenvalue weighted by molar-refractivity contribution is -0.385. The second-order valence-electron chi connectivity index (χ2n) is 5.20. The minimum atomic E-state index is -0.427. The Balaban J connectivity index is 2.09. The highest BCUT2D eigenvalue weighted by molar-refractivity contribution is 5.54. The van der Waals surface area contributed by atoms with Crippen molar-refractivity contribution in [2.24, 2.45) is 5.73 Å². The van der Waals surface area contributed by atoms with Gasteiger partial charge in [-0.3, -0.25) is 10.1 Å². The van der Waals surface area contributed by atoms with E-state index in [1.165, 1.54) is 7.11 Å². The SMILES string of the molecule is COc1ccc(-n2ccc3c2CCCC3N)cc1[N+](=O)[O-]. The van der Waals surface area contributed by atoms with Crippen molar-refractivity contribution in [1.82, 2.24) is 4.57 Å². The van der Waals surface area contributed by atoms with Gasteiger partial charge in [0.2, 0.25) is 0 Å². The molecular formula is C15H17N3O3. The number of hydrogen-bond acceptors (Lipinski definition) is 4. The Bertz CT molecular complexity index is 693. The van der Waals surface area contributed by atoms with E-state index in [0.29, 0.717) is 0 Å². The predicted molar refractivity (Wildman–Crippen MR) is 78.8 cm³/mol. The van der Waals surface area contributed by atoms with Crippen molar-refractivity contribution in [1.29, 1.82) is 0 Å². The first-order valence-corrected chi connectivity index (χ1v) is 6.90. The predicted octanol–water partition coefficient (Wildman–Crippen LogP) is 2.73. The van der Waals surface area contributed by atoms with Gasteiger partial charge in [0, 0.05) is 24.0 Å². The Kier molecular flexibility index (Phi) is 3.39. The fourth-order valence-corrected chi connectivity index (χ4v) is 2.94. The number of hydrogen-bond donors (Lipinski definition) is 1. The number of rotatable bonds is 3. The van der Waals surface area contributed by atoms with Crippen LogP contribution in [-0.2, 0) is 6.42 Å². The summed E-state index contributed by atoms with van der Waals surface area (Å²) in [5.41, 5.74) is 9.14. The smallest absolute Gasteiger partial charge is 0.312 e. The molecule has 6 heteroatoms. The number of nitro benzene ring substituents is 1. The van der Waals surface area contributed by atoms with Gasteiger partial charge in [-0.25, -0.2) is 0 Å². The van der Waals surface area contributed by atoms with E-state index in [2.05, 4.69) is 0 Å². The average Bonchev–Trinajstić information content (AvgIpc) is 2.92. The highest BCUT2D eigenvalue weighted by atomic mass is 16.6. The van der Waals surface area contributed by atoms with Crippen LogP contribution in [0.4, 0.5) is 5.69 Å². The van der Waals surface area contributed by atoms with Gasteiger partial charge in [0.25, 0.3) is 0 Å². The van der Waals surface area contributed by atoms with E-state index in [9.17, 15) is 10.1 Å². The number of nitrogens with two attached hydrogens (primary N) is 1. The number of nitrogens with zero attached hydrogens (tertiary/aromatic N) is 2. The van der Waals surface area contributed by atoms with Gasteiger partial charge in [0.05, 0.1) is 17.7 Å². The molecule has 1 aliphatic rings. The Labute approximate surface area is 122 Å². The van der Waals surface area contributed by atoms with Crippen molar-refractivity contribution >= 4 is 5.69 Å². The van der Waals surface area contributed by atoms with Gasteiger partial charge in [0.1, 0.15) is 0 Å². The number of ether oxygens (including phenoxy) is 1. The van der Waals surface area contributed by atoms with Gasteiger partial charge >= 0.3 is 5.69 Å². The lowest BCUT2D eigenvalue weighted by atomic mass is 9.93. The zero-order valence-electron chi connectivity index (χ0n) is 11.8. The third-order valence-corrected chi connectivity index (χ3v) is 3.99. The second-order valence-corrected chi connectivity index (χ2v) is 5.20. The number of benzene rings is 1. The van der Waals surface area contributed by atoms with Crippen molar-refractivity contribution in [3.63, 3.8) is 0 Å². The summed E-state index contributed by atoms with van der Waals surface area (Å²) in [6.45, 7) is 0. The second kappa shape index (κ2) is 5.21. The Morgan fingerprint density at radius 3 is 2.95 bits per heavy atom. The van der Waals surface area contributed by atoms with E-state index < -0.39 is 4.92 Å². The molecule has 2 aromatic rings. The van der Waals surface area contributed by atoms with E-state index in [-0.39, 0.29) is 17.5 Å². The summed E-state index contributed by atoms with van der Waals surface area (Å²) in [5, 5.41) is 11.1. The maximum Gasteiger partial charge on any atom is 0.312 e. The van der Waals surface area contributed by atoms with Gasteiger partial charge in [-0.2, -0.15) is 0 Å². The molecule has 3 rings (SSSR count). The summed E-state index contributed by atoms with van der Waals surface area (Å²) >= 11 is 0. The molecule has 1 aromatic heterocycles. The van der Waals surface area contributed by atoms with Gasteiger partial charge in [-0.05, 0) is 43.0 Å². The molecule has 0 fully saturated rings. The van der Waals surface area contributed by atoms with Crippen LogP contribution in [0.3, 0.4) is 0 Å². The Morgan fingerprint density at radius 2 is 2.24 bits per heavy atom. The van der Waals surface area contributed by atoms with Gasteiger partial charge < -0.3 is 15.0 Å². The van der Waals surface area contributed by atoms with Crippen LogP contribution < -0.4 is 10.5 Å². The first-order chi connectivity index (χ1) is 10.1. The maximum atomic E-state index is 11.1. The number of methoxy groups -OCH3 is 1. The average molecular weight is 287 g/mol. The molecule has 1 atom stereocenters. The quantitative estimate of drug-likeness (QED) is 0.695. The van der Waals surface area contributed by atoms with Crippen LogP contribution in [0.5, 0.6) is 5.75 Å². The summed E-state index contributed by atoms with van der Waals surface area (Å²) in [4.78, 5) is 10.7. The molecular weight excluding hydrogens is 270 g/mol. The van der Waals surface area contributed by atoms with Gasteiger partial charge in [-0.15, -0.1) is 0 Å². The lowest BCUT2D eigenvalue weighted by Gasteiger charge is -2.21. The van der Waals surface area contributed by atoms with Crippen molar-refractivity contribution in [2.75, 3.05) is 7.11 Å². The van der Waals surface area contributed by atoms with E-state index >= 15 is 0 Å². The van der Waals surface area contributed by atoms with Crippen molar-refractivity contribution in [2.45, 2.75) is 25.3 Å². The van der Waals surface area contributed by atoms with Crippen molar-refractivity contribution in [3.8, 4) is 11.4 Å². The summed E-state index contributed by atoms with van der Waals surface area (Å²) in [6, 6.07) is 7.06. The minimum Gasteiger partial charge on any atom is -0.490 e. The molecule has 0 saturated heterocycles. The minimum absolute atomic E-state index is 0.0300. The molecule has 0 amide bonds. The number of fused-ring (bicyclic) bond motifs is 1. The lowest BCUT2D eigenvalue weighted by Crippen LogP contribution is -2.17. The molecule has 1 aromatic carbocycles. The largest absolute Gasteiger partial charge is 0.490 e. The fraction of sp³-hybridized carbons (Fsp3) is 0.333. The zero-order valence-corrected chi connectivity index (χ0v) is 11.8. The molecule has 1 aliphatic carbocycles. The molecule has 2 N–H and O–H groups in total. The summed E-state index contributed by atoms with van der Waals surface area (Å²) < 4.78 is 7.02. The number of nitro groups is 1. The topological polar surface area (TPSA) is 83.3 Å². The molecule has 1 heterocycles. The monoisotopic (exact) mass is 287 g/mol. The highest BCUT2D eigenvalue weighted by Gasteiger charge is 2.22. The van der Waals surface area contributed by atoms with E-state index in [0.717, 1.165) is 36.2 Å². The van der Waals surface area contributed by atoms with Crippen LogP contribution in [-0.4, -0.2) is 16.6 Å².